The molecule has 2 amide bonds. The third-order valence-corrected chi connectivity index (χ3v) is 6.33. The summed E-state index contributed by atoms with van der Waals surface area (Å²) in [6.45, 7) is 5.06. The molecular weight excluding hydrogens is 412 g/mol. The summed E-state index contributed by atoms with van der Waals surface area (Å²) < 4.78 is 0. The number of hydrogen-bond donors (Lipinski definition) is 1. The van der Waals surface area contributed by atoms with Crippen LogP contribution in [0, 0.1) is 5.41 Å². The van der Waals surface area contributed by atoms with Gasteiger partial charge in [0.05, 0.1) is 11.0 Å². The highest BCUT2D eigenvalue weighted by atomic mass is 16.2. The molecule has 2 aromatic heterocycles. The average Bonchev–Trinajstić information content (AvgIpc) is 2.85. The quantitative estimate of drug-likeness (QED) is 0.623. The van der Waals surface area contributed by atoms with Crippen molar-refractivity contribution in [1.82, 2.24) is 20.2 Å². The van der Waals surface area contributed by atoms with Gasteiger partial charge in [0.2, 0.25) is 5.91 Å². The van der Waals surface area contributed by atoms with Gasteiger partial charge in [-0.3, -0.25) is 19.6 Å². The molecule has 1 aromatic carbocycles. The summed E-state index contributed by atoms with van der Waals surface area (Å²) in [5.41, 5.74) is 3.42. The molecule has 6 heteroatoms. The Labute approximate surface area is 195 Å². The second kappa shape index (κ2) is 9.94. The molecule has 0 bridgehead atoms. The van der Waals surface area contributed by atoms with Gasteiger partial charge in [0.15, 0.2) is 0 Å². The standard InChI is InChI=1S/C27H30N4O2/c1-20(2)30-26(33)27(11-16-31(17-12-27)25(32)24-4-3-13-29-19-24)18-21-5-7-22(8-6-21)23-9-14-28-15-10-23/h3-10,13-15,19-20H,11-12,16-18H2,1-2H3,(H,30,33). The maximum absolute atomic E-state index is 13.3. The van der Waals surface area contributed by atoms with Crippen molar-refractivity contribution in [3.05, 3.63) is 84.4 Å². The second-order valence-corrected chi connectivity index (χ2v) is 9.05. The summed E-state index contributed by atoms with van der Waals surface area (Å²) >= 11 is 0. The normalized spacial score (nSPS) is 15.3. The largest absolute Gasteiger partial charge is 0.353 e. The van der Waals surface area contributed by atoms with Crippen LogP contribution in [0.15, 0.2) is 73.3 Å². The number of pyridine rings is 2. The number of nitrogens with one attached hydrogen (secondary N) is 1. The summed E-state index contributed by atoms with van der Waals surface area (Å²) in [5, 5.41) is 3.13. The van der Waals surface area contributed by atoms with E-state index in [2.05, 4.69) is 39.6 Å². The lowest BCUT2D eigenvalue weighted by atomic mass is 9.72. The molecule has 33 heavy (non-hydrogen) atoms. The van der Waals surface area contributed by atoms with Gasteiger partial charge < -0.3 is 10.2 Å². The van der Waals surface area contributed by atoms with E-state index in [4.69, 9.17) is 0 Å². The fourth-order valence-corrected chi connectivity index (χ4v) is 4.46. The minimum absolute atomic E-state index is 0.0253. The highest BCUT2D eigenvalue weighted by Gasteiger charge is 2.42. The van der Waals surface area contributed by atoms with Crippen LogP contribution in [0.4, 0.5) is 0 Å². The highest BCUT2D eigenvalue weighted by Crippen LogP contribution is 2.36. The first-order valence-corrected chi connectivity index (χ1v) is 11.5. The Morgan fingerprint density at radius 1 is 0.939 bits per heavy atom. The number of nitrogens with zero attached hydrogens (tertiary/aromatic N) is 3. The van der Waals surface area contributed by atoms with E-state index in [-0.39, 0.29) is 17.9 Å². The van der Waals surface area contributed by atoms with E-state index in [1.165, 1.54) is 0 Å². The van der Waals surface area contributed by atoms with Crippen LogP contribution in [0.1, 0.15) is 42.6 Å². The van der Waals surface area contributed by atoms with E-state index < -0.39 is 5.41 Å². The molecule has 1 fully saturated rings. The first kappa shape index (κ1) is 22.6. The van der Waals surface area contributed by atoms with Gasteiger partial charge in [0.25, 0.3) is 5.91 Å². The van der Waals surface area contributed by atoms with Crippen molar-refractivity contribution in [2.24, 2.45) is 5.41 Å². The topological polar surface area (TPSA) is 75.2 Å². The molecule has 0 aliphatic carbocycles. The van der Waals surface area contributed by atoms with E-state index in [1.807, 2.05) is 30.9 Å². The van der Waals surface area contributed by atoms with Crippen LogP contribution in [-0.4, -0.2) is 45.8 Å². The zero-order valence-corrected chi connectivity index (χ0v) is 19.2. The molecule has 1 N–H and O–H groups in total. The fourth-order valence-electron chi connectivity index (χ4n) is 4.46. The van der Waals surface area contributed by atoms with Gasteiger partial charge in [0.1, 0.15) is 0 Å². The minimum atomic E-state index is -0.534. The second-order valence-electron chi connectivity index (χ2n) is 9.05. The zero-order valence-electron chi connectivity index (χ0n) is 19.2. The number of rotatable bonds is 6. The Balaban J connectivity index is 1.51. The number of piperidine rings is 1. The Morgan fingerprint density at radius 3 is 2.21 bits per heavy atom. The van der Waals surface area contributed by atoms with E-state index in [9.17, 15) is 9.59 Å². The predicted octanol–water partition coefficient (Wildman–Crippen LogP) is 4.13. The molecule has 3 heterocycles. The molecule has 0 atom stereocenters. The summed E-state index contributed by atoms with van der Waals surface area (Å²) in [6.07, 6.45) is 8.74. The van der Waals surface area contributed by atoms with Crippen molar-refractivity contribution in [2.75, 3.05) is 13.1 Å². The molecule has 0 saturated carbocycles. The van der Waals surface area contributed by atoms with E-state index in [0.717, 1.165) is 16.7 Å². The van der Waals surface area contributed by atoms with Crippen LogP contribution in [0.25, 0.3) is 11.1 Å². The third kappa shape index (κ3) is 5.28. The van der Waals surface area contributed by atoms with Gasteiger partial charge in [-0.25, -0.2) is 0 Å². The van der Waals surface area contributed by atoms with Crippen LogP contribution in [0.5, 0.6) is 0 Å². The molecule has 1 saturated heterocycles. The Hall–Kier alpha value is -3.54. The molecular formula is C27H30N4O2. The van der Waals surface area contributed by atoms with Crippen LogP contribution >= 0.6 is 0 Å². The fraction of sp³-hybridized carbons (Fsp3) is 0.333. The molecule has 6 nitrogen and oxygen atoms in total. The number of benzene rings is 1. The molecule has 170 valence electrons. The van der Waals surface area contributed by atoms with Gasteiger partial charge in [-0.05, 0) is 74.1 Å². The van der Waals surface area contributed by atoms with E-state index in [0.29, 0.717) is 37.9 Å². The third-order valence-electron chi connectivity index (χ3n) is 6.33. The van der Waals surface area contributed by atoms with Crippen molar-refractivity contribution in [2.45, 2.75) is 39.2 Å². The maximum Gasteiger partial charge on any atom is 0.255 e. The number of aromatic nitrogens is 2. The summed E-state index contributed by atoms with van der Waals surface area (Å²) in [7, 11) is 0. The first-order chi connectivity index (χ1) is 16.0. The SMILES string of the molecule is CC(C)NC(=O)C1(Cc2ccc(-c3ccncc3)cc2)CCN(C(=O)c2cccnc2)CC1. The summed E-state index contributed by atoms with van der Waals surface area (Å²) in [6, 6.07) is 16.0. The van der Waals surface area contributed by atoms with Crippen LogP contribution in [0.2, 0.25) is 0 Å². The van der Waals surface area contributed by atoms with Crippen LogP contribution in [-0.2, 0) is 11.2 Å². The number of carbonyl (C=O) groups is 2. The predicted molar refractivity (Wildman–Crippen MR) is 128 cm³/mol. The smallest absolute Gasteiger partial charge is 0.255 e. The van der Waals surface area contributed by atoms with E-state index in [1.54, 1.807) is 36.9 Å². The molecule has 1 aliphatic rings. The Morgan fingerprint density at radius 2 is 1.61 bits per heavy atom. The first-order valence-electron chi connectivity index (χ1n) is 11.5. The van der Waals surface area contributed by atoms with E-state index >= 15 is 0 Å². The van der Waals surface area contributed by atoms with Gasteiger partial charge in [-0.1, -0.05) is 24.3 Å². The van der Waals surface area contributed by atoms with Crippen LogP contribution in [0.3, 0.4) is 0 Å². The van der Waals surface area contributed by atoms with Gasteiger partial charge in [-0.15, -0.1) is 0 Å². The summed E-state index contributed by atoms with van der Waals surface area (Å²) in [4.78, 5) is 36.2. The van der Waals surface area contributed by atoms with Gasteiger partial charge in [-0.2, -0.15) is 0 Å². The van der Waals surface area contributed by atoms with Crippen LogP contribution < -0.4 is 5.32 Å². The summed E-state index contributed by atoms with van der Waals surface area (Å²) in [5.74, 6) is 0.0480. The van der Waals surface area contributed by atoms with Gasteiger partial charge in [0, 0.05) is 43.9 Å². The van der Waals surface area contributed by atoms with Crippen molar-refractivity contribution in [3.63, 3.8) is 0 Å². The van der Waals surface area contributed by atoms with Crippen molar-refractivity contribution in [3.8, 4) is 11.1 Å². The van der Waals surface area contributed by atoms with Crippen molar-refractivity contribution < 1.29 is 9.59 Å². The molecule has 0 spiro atoms. The highest BCUT2D eigenvalue weighted by molar-refractivity contribution is 5.94. The maximum atomic E-state index is 13.3. The lowest BCUT2D eigenvalue weighted by Crippen LogP contribution is -2.52. The number of carbonyl (C=O) groups excluding carboxylic acids is 2. The average molecular weight is 443 g/mol. The zero-order chi connectivity index (χ0) is 23.3. The minimum Gasteiger partial charge on any atom is -0.353 e. The molecule has 1 aliphatic heterocycles. The number of amides is 2. The Bertz CT molecular complexity index is 1070. The number of likely N-dealkylation sites (tertiary alicyclic amines) is 1. The number of hydrogen-bond acceptors (Lipinski definition) is 4. The lowest BCUT2D eigenvalue weighted by molar-refractivity contribution is -0.134. The molecule has 0 unspecified atom stereocenters. The van der Waals surface area contributed by atoms with Gasteiger partial charge >= 0.3 is 0 Å². The van der Waals surface area contributed by atoms with Crippen molar-refractivity contribution in [1.29, 1.82) is 0 Å². The molecule has 4 rings (SSSR count). The Kier molecular flexibility index (Phi) is 6.82. The lowest BCUT2D eigenvalue weighted by Gasteiger charge is -2.41. The van der Waals surface area contributed by atoms with Crippen molar-refractivity contribution >= 4 is 11.8 Å². The molecule has 3 aromatic rings. The molecule has 0 radical (unpaired) electrons. The monoisotopic (exact) mass is 442 g/mol.